The van der Waals surface area contributed by atoms with Crippen LogP contribution in [0.2, 0.25) is 0 Å². The van der Waals surface area contributed by atoms with Crippen molar-refractivity contribution in [3.8, 4) is 11.8 Å². The predicted octanol–water partition coefficient (Wildman–Crippen LogP) is 2.10. The number of hydrogen-bond acceptors (Lipinski definition) is 4. The van der Waals surface area contributed by atoms with Crippen LogP contribution in [0, 0.1) is 17.8 Å². The van der Waals surface area contributed by atoms with E-state index in [1.54, 1.807) is 6.92 Å². The van der Waals surface area contributed by atoms with E-state index in [0.717, 1.165) is 38.5 Å². The second-order valence-corrected chi connectivity index (χ2v) is 7.17. The number of fused-ring (bicyclic) bond motifs is 2. The molecule has 1 aliphatic carbocycles. The molecule has 3 aliphatic rings. The highest BCUT2D eigenvalue weighted by atomic mass is 16.6. The molecule has 4 atom stereocenters. The van der Waals surface area contributed by atoms with Crippen molar-refractivity contribution in [1.82, 2.24) is 4.90 Å². The fourth-order valence-electron chi connectivity index (χ4n) is 4.55. The fraction of sp³-hybridized carbons (Fsp3) is 0.833. The van der Waals surface area contributed by atoms with Gasteiger partial charge in [0.05, 0.1) is 0 Å². The van der Waals surface area contributed by atoms with Crippen LogP contribution >= 0.6 is 0 Å². The highest BCUT2D eigenvalue weighted by molar-refractivity contribution is 5.84. The maximum absolute atomic E-state index is 12.6. The van der Waals surface area contributed by atoms with Crippen molar-refractivity contribution in [3.63, 3.8) is 0 Å². The smallest absolute Gasteiger partial charge is 0.351 e. The molecule has 3 rings (SSSR count). The molecule has 3 fully saturated rings. The molecule has 1 saturated carbocycles. The van der Waals surface area contributed by atoms with Crippen molar-refractivity contribution in [2.75, 3.05) is 7.05 Å². The van der Waals surface area contributed by atoms with Gasteiger partial charge in [-0.1, -0.05) is 18.8 Å². The first-order valence-corrected chi connectivity index (χ1v) is 8.64. The Morgan fingerprint density at radius 3 is 2.32 bits per heavy atom. The summed E-state index contributed by atoms with van der Waals surface area (Å²) < 4.78 is 5.73. The molecule has 0 aromatic carbocycles. The highest BCUT2D eigenvalue weighted by Gasteiger charge is 2.47. The molecule has 1 unspecified atom stereocenters. The second kappa shape index (κ2) is 6.22. The molecule has 4 heteroatoms. The average Bonchev–Trinajstić information content (AvgIpc) is 3.07. The quantitative estimate of drug-likeness (QED) is 0.641. The van der Waals surface area contributed by atoms with Gasteiger partial charge >= 0.3 is 5.97 Å². The zero-order valence-corrected chi connectivity index (χ0v) is 13.7. The molecule has 22 heavy (non-hydrogen) atoms. The van der Waals surface area contributed by atoms with E-state index in [1.807, 2.05) is 0 Å². The zero-order chi connectivity index (χ0) is 15.7. The molecule has 0 aromatic heterocycles. The molecule has 122 valence electrons. The zero-order valence-electron chi connectivity index (χ0n) is 13.7. The van der Waals surface area contributed by atoms with Gasteiger partial charge in [0, 0.05) is 18.0 Å². The number of carbonyl (C=O) groups excluding carboxylic acids is 1. The van der Waals surface area contributed by atoms with Crippen LogP contribution < -0.4 is 0 Å². The molecule has 2 saturated heterocycles. The van der Waals surface area contributed by atoms with E-state index in [4.69, 9.17) is 4.74 Å². The molecule has 0 radical (unpaired) electrons. The van der Waals surface area contributed by atoms with E-state index in [1.165, 1.54) is 12.8 Å². The van der Waals surface area contributed by atoms with Gasteiger partial charge in [0.15, 0.2) is 0 Å². The Labute approximate surface area is 133 Å². The van der Waals surface area contributed by atoms with Crippen LogP contribution in [0.1, 0.15) is 58.3 Å². The Hall–Kier alpha value is -1.05. The average molecular weight is 305 g/mol. The monoisotopic (exact) mass is 305 g/mol. The lowest BCUT2D eigenvalue weighted by Crippen LogP contribution is -2.49. The summed E-state index contributed by atoms with van der Waals surface area (Å²) in [6, 6.07) is 1.04. The van der Waals surface area contributed by atoms with Gasteiger partial charge in [-0.25, -0.2) is 4.79 Å². The predicted molar refractivity (Wildman–Crippen MR) is 84.0 cm³/mol. The number of rotatable bonds is 3. The van der Waals surface area contributed by atoms with Crippen LogP contribution in [-0.4, -0.2) is 46.8 Å². The number of ether oxygens (including phenoxy) is 1. The summed E-state index contributed by atoms with van der Waals surface area (Å²) in [4.78, 5) is 15.1. The number of esters is 1. The van der Waals surface area contributed by atoms with Crippen LogP contribution in [0.25, 0.3) is 0 Å². The number of nitrogens with zero attached hydrogens (tertiary/aromatic N) is 1. The third-order valence-electron chi connectivity index (χ3n) is 5.90. The molecular weight excluding hydrogens is 278 g/mol. The molecule has 0 amide bonds. The Morgan fingerprint density at radius 2 is 1.77 bits per heavy atom. The number of carbonyl (C=O) groups is 1. The fourth-order valence-corrected chi connectivity index (χ4v) is 4.55. The van der Waals surface area contributed by atoms with Gasteiger partial charge in [-0.05, 0) is 52.5 Å². The maximum atomic E-state index is 12.6. The van der Waals surface area contributed by atoms with Gasteiger partial charge in [0.1, 0.15) is 6.10 Å². The Kier molecular flexibility index (Phi) is 4.47. The Morgan fingerprint density at radius 1 is 1.18 bits per heavy atom. The van der Waals surface area contributed by atoms with Gasteiger partial charge < -0.3 is 14.7 Å². The molecule has 2 heterocycles. The minimum Gasteiger partial charge on any atom is -0.459 e. The van der Waals surface area contributed by atoms with Crippen molar-refractivity contribution in [2.24, 2.45) is 5.92 Å². The van der Waals surface area contributed by atoms with Crippen molar-refractivity contribution < 1.29 is 14.6 Å². The lowest BCUT2D eigenvalue weighted by molar-refractivity contribution is -0.173. The summed E-state index contributed by atoms with van der Waals surface area (Å²) in [7, 11) is 2.16. The van der Waals surface area contributed by atoms with Gasteiger partial charge in [-0.2, -0.15) is 0 Å². The van der Waals surface area contributed by atoms with Crippen LogP contribution in [0.15, 0.2) is 0 Å². The van der Waals surface area contributed by atoms with Gasteiger partial charge in [-0.3, -0.25) is 0 Å². The normalized spacial score (nSPS) is 34.8. The summed E-state index contributed by atoms with van der Waals surface area (Å²) >= 11 is 0. The number of hydrogen-bond donors (Lipinski definition) is 1. The van der Waals surface area contributed by atoms with E-state index in [-0.39, 0.29) is 12.0 Å². The number of piperidine rings is 1. The lowest BCUT2D eigenvalue weighted by atomic mass is 9.86. The first-order chi connectivity index (χ1) is 10.5. The Bertz CT molecular complexity index is 474. The van der Waals surface area contributed by atoms with Crippen LogP contribution in [0.3, 0.4) is 0 Å². The van der Waals surface area contributed by atoms with Gasteiger partial charge in [0.2, 0.25) is 5.60 Å². The highest BCUT2D eigenvalue weighted by Crippen LogP contribution is 2.38. The lowest BCUT2D eigenvalue weighted by Gasteiger charge is -2.37. The van der Waals surface area contributed by atoms with Crippen molar-refractivity contribution in [1.29, 1.82) is 0 Å². The first-order valence-electron chi connectivity index (χ1n) is 8.64. The van der Waals surface area contributed by atoms with Gasteiger partial charge in [-0.15, -0.1) is 5.92 Å². The molecule has 0 spiro atoms. The summed E-state index contributed by atoms with van der Waals surface area (Å²) in [5.74, 6) is 4.90. The van der Waals surface area contributed by atoms with E-state index in [2.05, 4.69) is 23.8 Å². The van der Waals surface area contributed by atoms with Crippen molar-refractivity contribution >= 4 is 5.97 Å². The first kappa shape index (κ1) is 15.8. The number of aliphatic hydroxyl groups is 1. The molecule has 4 nitrogen and oxygen atoms in total. The third kappa shape index (κ3) is 2.77. The molecular formula is C18H27NO3. The topological polar surface area (TPSA) is 49.8 Å². The molecule has 2 bridgehead atoms. The summed E-state index contributed by atoms with van der Waals surface area (Å²) in [5, 5.41) is 10.9. The van der Waals surface area contributed by atoms with Gasteiger partial charge in [0.25, 0.3) is 0 Å². The summed E-state index contributed by atoms with van der Waals surface area (Å²) in [5.41, 5.74) is -1.60. The SMILES string of the molecule is CC#C[C@@](O)(C(=O)OC1C[C@H]2CC[C@@H](C1)N2C)C1CCCC1. The third-order valence-corrected chi connectivity index (χ3v) is 5.90. The van der Waals surface area contributed by atoms with E-state index < -0.39 is 11.6 Å². The van der Waals surface area contributed by atoms with Crippen molar-refractivity contribution in [3.05, 3.63) is 0 Å². The summed E-state index contributed by atoms with van der Waals surface area (Å²) in [6.45, 7) is 1.67. The maximum Gasteiger partial charge on any atom is 0.351 e. The van der Waals surface area contributed by atoms with Crippen LogP contribution in [-0.2, 0) is 9.53 Å². The summed E-state index contributed by atoms with van der Waals surface area (Å²) in [6.07, 6.45) is 7.94. The van der Waals surface area contributed by atoms with E-state index in [9.17, 15) is 9.90 Å². The molecule has 2 aliphatic heterocycles. The molecule has 1 N–H and O–H groups in total. The molecule has 0 aromatic rings. The second-order valence-electron chi connectivity index (χ2n) is 7.17. The van der Waals surface area contributed by atoms with E-state index in [0.29, 0.717) is 12.1 Å². The standard InChI is InChI=1S/C18H27NO3/c1-3-10-18(21,13-6-4-5-7-13)17(20)22-16-11-14-8-9-15(12-16)19(14)2/h13-16,21H,4-9,11-12H2,1-2H3/t14-,15+,16?,18-/m0/s1. The Balaban J connectivity index is 1.68. The largest absolute Gasteiger partial charge is 0.459 e. The van der Waals surface area contributed by atoms with E-state index >= 15 is 0 Å². The van der Waals surface area contributed by atoms with Crippen LogP contribution in [0.4, 0.5) is 0 Å². The van der Waals surface area contributed by atoms with Crippen molar-refractivity contribution in [2.45, 2.75) is 82.1 Å². The minimum atomic E-state index is -1.60. The minimum absolute atomic E-state index is 0.0622. The van der Waals surface area contributed by atoms with Crippen LogP contribution in [0.5, 0.6) is 0 Å².